The number of likely N-dealkylation sites (tertiary alicyclic amines) is 1. The number of aryl methyl sites for hydroxylation is 1. The van der Waals surface area contributed by atoms with Crippen molar-refractivity contribution < 1.29 is 14.1 Å². The SMILES string of the molecule is CCc1noc(C(=O)NC2CN(C(=O)C3CC3)C2)n1. The Balaban J connectivity index is 1.47. The monoisotopic (exact) mass is 264 g/mol. The zero-order valence-electron chi connectivity index (χ0n) is 10.8. The molecule has 1 saturated carbocycles. The zero-order chi connectivity index (χ0) is 13.4. The lowest BCUT2D eigenvalue weighted by Gasteiger charge is -2.39. The summed E-state index contributed by atoms with van der Waals surface area (Å²) in [5.41, 5.74) is 0. The normalized spacial score (nSPS) is 19.1. The molecular weight excluding hydrogens is 248 g/mol. The van der Waals surface area contributed by atoms with Gasteiger partial charge in [-0.3, -0.25) is 9.59 Å². The van der Waals surface area contributed by atoms with E-state index in [0.717, 1.165) is 12.8 Å². The fourth-order valence-corrected chi connectivity index (χ4v) is 2.08. The van der Waals surface area contributed by atoms with E-state index >= 15 is 0 Å². The van der Waals surface area contributed by atoms with E-state index in [1.54, 1.807) is 4.90 Å². The van der Waals surface area contributed by atoms with Crippen LogP contribution < -0.4 is 5.32 Å². The molecule has 0 atom stereocenters. The van der Waals surface area contributed by atoms with E-state index in [4.69, 9.17) is 4.52 Å². The van der Waals surface area contributed by atoms with Crippen LogP contribution in [-0.4, -0.2) is 46.0 Å². The minimum Gasteiger partial charge on any atom is -0.342 e. The Morgan fingerprint density at radius 3 is 2.74 bits per heavy atom. The summed E-state index contributed by atoms with van der Waals surface area (Å²) in [5.74, 6) is 0.597. The second kappa shape index (κ2) is 4.64. The van der Waals surface area contributed by atoms with E-state index in [1.165, 1.54) is 0 Å². The van der Waals surface area contributed by atoms with Crippen molar-refractivity contribution >= 4 is 11.8 Å². The van der Waals surface area contributed by atoms with Gasteiger partial charge in [0.2, 0.25) is 5.91 Å². The van der Waals surface area contributed by atoms with Crippen LogP contribution in [0, 0.1) is 5.92 Å². The molecule has 0 aromatic carbocycles. The molecule has 19 heavy (non-hydrogen) atoms. The molecule has 3 rings (SSSR count). The van der Waals surface area contributed by atoms with Gasteiger partial charge in [-0.25, -0.2) is 0 Å². The second-order valence-corrected chi connectivity index (χ2v) is 5.06. The molecule has 7 nitrogen and oxygen atoms in total. The predicted octanol–water partition coefficient (Wildman–Crippen LogP) is -0.0174. The smallest absolute Gasteiger partial charge is 0.315 e. The Labute approximate surface area is 110 Å². The van der Waals surface area contributed by atoms with E-state index in [1.807, 2.05) is 6.92 Å². The van der Waals surface area contributed by atoms with Crippen LogP contribution in [-0.2, 0) is 11.2 Å². The number of nitrogens with zero attached hydrogens (tertiary/aromatic N) is 3. The van der Waals surface area contributed by atoms with Crippen LogP contribution in [0.15, 0.2) is 4.52 Å². The second-order valence-electron chi connectivity index (χ2n) is 5.06. The summed E-state index contributed by atoms with van der Waals surface area (Å²) < 4.78 is 4.86. The zero-order valence-corrected chi connectivity index (χ0v) is 10.8. The first kappa shape index (κ1) is 12.1. The summed E-state index contributed by atoms with van der Waals surface area (Å²) in [6, 6.07) is -0.00724. The van der Waals surface area contributed by atoms with E-state index in [9.17, 15) is 9.59 Å². The van der Waals surface area contributed by atoms with Crippen molar-refractivity contribution in [2.24, 2.45) is 5.92 Å². The van der Waals surface area contributed by atoms with Crippen LogP contribution in [0.3, 0.4) is 0 Å². The summed E-state index contributed by atoms with van der Waals surface area (Å²) in [7, 11) is 0. The number of aromatic nitrogens is 2. The first-order chi connectivity index (χ1) is 9.17. The Hall–Kier alpha value is -1.92. The number of carbonyl (C=O) groups excluding carboxylic acids is 2. The molecule has 2 amide bonds. The molecule has 7 heteroatoms. The lowest BCUT2D eigenvalue weighted by molar-refractivity contribution is -0.137. The molecule has 2 aliphatic rings. The van der Waals surface area contributed by atoms with Gasteiger partial charge < -0.3 is 14.7 Å². The number of rotatable bonds is 4. The van der Waals surface area contributed by atoms with Gasteiger partial charge in [0.05, 0.1) is 6.04 Å². The third kappa shape index (κ3) is 2.45. The van der Waals surface area contributed by atoms with Gasteiger partial charge in [-0.2, -0.15) is 4.98 Å². The summed E-state index contributed by atoms with van der Waals surface area (Å²) >= 11 is 0. The predicted molar refractivity (Wildman–Crippen MR) is 64.2 cm³/mol. The molecule has 0 unspecified atom stereocenters. The number of hydrogen-bond acceptors (Lipinski definition) is 5. The molecule has 2 heterocycles. The largest absolute Gasteiger partial charge is 0.342 e. The van der Waals surface area contributed by atoms with E-state index in [2.05, 4.69) is 15.5 Å². The molecule has 102 valence electrons. The average Bonchev–Trinajstić information content (AvgIpc) is 3.10. The van der Waals surface area contributed by atoms with Gasteiger partial charge in [-0.05, 0) is 12.8 Å². The molecular formula is C12H16N4O3. The van der Waals surface area contributed by atoms with Crippen LogP contribution in [0.1, 0.15) is 36.3 Å². The van der Waals surface area contributed by atoms with E-state index in [0.29, 0.717) is 25.3 Å². The van der Waals surface area contributed by atoms with Crippen molar-refractivity contribution in [2.45, 2.75) is 32.2 Å². The third-order valence-electron chi connectivity index (χ3n) is 3.43. The molecule has 0 radical (unpaired) electrons. The molecule has 1 saturated heterocycles. The highest BCUT2D eigenvalue weighted by atomic mass is 16.5. The lowest BCUT2D eigenvalue weighted by Crippen LogP contribution is -2.61. The molecule has 1 aliphatic carbocycles. The lowest BCUT2D eigenvalue weighted by atomic mass is 10.1. The fourth-order valence-electron chi connectivity index (χ4n) is 2.08. The molecule has 0 bridgehead atoms. The maximum absolute atomic E-state index is 11.8. The Morgan fingerprint density at radius 1 is 1.42 bits per heavy atom. The van der Waals surface area contributed by atoms with E-state index in [-0.39, 0.29) is 29.7 Å². The number of hydrogen-bond donors (Lipinski definition) is 1. The maximum Gasteiger partial charge on any atom is 0.315 e. The number of nitrogens with one attached hydrogen (secondary N) is 1. The van der Waals surface area contributed by atoms with Gasteiger partial charge >= 0.3 is 11.8 Å². The van der Waals surface area contributed by atoms with Gasteiger partial charge in [-0.15, -0.1) is 0 Å². The first-order valence-corrected chi connectivity index (χ1v) is 6.59. The first-order valence-electron chi connectivity index (χ1n) is 6.59. The van der Waals surface area contributed by atoms with Crippen LogP contribution in [0.25, 0.3) is 0 Å². The molecule has 1 aromatic rings. The summed E-state index contributed by atoms with van der Waals surface area (Å²) in [6.07, 6.45) is 2.64. The Kier molecular flexibility index (Phi) is 2.96. The summed E-state index contributed by atoms with van der Waals surface area (Å²) in [5, 5.41) is 6.46. The van der Waals surface area contributed by atoms with Crippen molar-refractivity contribution in [2.75, 3.05) is 13.1 Å². The van der Waals surface area contributed by atoms with E-state index < -0.39 is 0 Å². The third-order valence-corrected chi connectivity index (χ3v) is 3.43. The topological polar surface area (TPSA) is 88.3 Å². The minimum atomic E-state index is -0.365. The molecule has 0 spiro atoms. The number of carbonyl (C=O) groups is 2. The van der Waals surface area contributed by atoms with Crippen molar-refractivity contribution in [3.63, 3.8) is 0 Å². The highest BCUT2D eigenvalue weighted by Crippen LogP contribution is 2.32. The molecule has 1 aromatic heterocycles. The quantitative estimate of drug-likeness (QED) is 0.825. The number of amides is 2. The Morgan fingerprint density at radius 2 is 2.16 bits per heavy atom. The van der Waals surface area contributed by atoms with Crippen LogP contribution in [0.5, 0.6) is 0 Å². The van der Waals surface area contributed by atoms with Gasteiger partial charge in [0.1, 0.15) is 0 Å². The van der Waals surface area contributed by atoms with Crippen LogP contribution >= 0.6 is 0 Å². The highest BCUT2D eigenvalue weighted by molar-refractivity contribution is 5.90. The highest BCUT2D eigenvalue weighted by Gasteiger charge is 2.39. The average molecular weight is 264 g/mol. The standard InChI is InChI=1S/C12H16N4O3/c1-2-9-14-11(19-15-9)10(17)13-8-5-16(6-8)12(18)7-3-4-7/h7-8H,2-6H2,1H3,(H,13,17). The summed E-state index contributed by atoms with van der Waals surface area (Å²) in [6.45, 7) is 3.05. The van der Waals surface area contributed by atoms with Crippen molar-refractivity contribution in [3.8, 4) is 0 Å². The van der Waals surface area contributed by atoms with Crippen LogP contribution in [0.4, 0.5) is 0 Å². The van der Waals surface area contributed by atoms with Gasteiger partial charge in [0, 0.05) is 25.4 Å². The molecule has 2 fully saturated rings. The minimum absolute atomic E-state index is 0.00724. The molecule has 1 N–H and O–H groups in total. The summed E-state index contributed by atoms with van der Waals surface area (Å²) in [4.78, 5) is 29.2. The van der Waals surface area contributed by atoms with Gasteiger partial charge in [-0.1, -0.05) is 12.1 Å². The van der Waals surface area contributed by atoms with Crippen molar-refractivity contribution in [1.29, 1.82) is 0 Å². The van der Waals surface area contributed by atoms with Crippen molar-refractivity contribution in [1.82, 2.24) is 20.4 Å². The van der Waals surface area contributed by atoms with Gasteiger partial charge in [0.25, 0.3) is 0 Å². The Bertz CT molecular complexity index is 503. The fraction of sp³-hybridized carbons (Fsp3) is 0.667. The van der Waals surface area contributed by atoms with Crippen molar-refractivity contribution in [3.05, 3.63) is 11.7 Å². The van der Waals surface area contributed by atoms with Crippen LogP contribution in [0.2, 0.25) is 0 Å². The van der Waals surface area contributed by atoms with Gasteiger partial charge in [0.15, 0.2) is 5.82 Å². The maximum atomic E-state index is 11.8. The molecule has 1 aliphatic heterocycles.